The number of halogens is 3. The van der Waals surface area contributed by atoms with E-state index in [1.54, 1.807) is 24.3 Å². The van der Waals surface area contributed by atoms with Gasteiger partial charge in [0, 0.05) is 28.2 Å². The minimum absolute atomic E-state index is 0.0712. The molecule has 2 saturated carbocycles. The second-order valence-electron chi connectivity index (χ2n) is 11.7. The van der Waals surface area contributed by atoms with Crippen molar-refractivity contribution in [3.05, 3.63) is 63.4 Å². The molecule has 2 aliphatic carbocycles. The third-order valence-electron chi connectivity index (χ3n) is 9.73. The van der Waals surface area contributed by atoms with Crippen LogP contribution >= 0.6 is 23.2 Å². The number of carbonyl (C=O) groups is 3. The molecule has 1 saturated heterocycles. The molecule has 4 aliphatic rings. The summed E-state index contributed by atoms with van der Waals surface area (Å²) in [6, 6.07) is 8.89. The maximum Gasteiger partial charge on any atom is 0.306 e. The number of fused-ring (bicyclic) bond motifs is 3. The number of carbonyl (C=O) groups excluding carboxylic acids is 2. The fourth-order valence-corrected chi connectivity index (χ4v) is 8.35. The van der Waals surface area contributed by atoms with Gasteiger partial charge in [0.2, 0.25) is 11.8 Å². The van der Waals surface area contributed by atoms with E-state index in [2.05, 4.69) is 16.0 Å². The minimum atomic E-state index is -1.28. The van der Waals surface area contributed by atoms with Crippen LogP contribution in [0.15, 0.2) is 36.4 Å². The Morgan fingerprint density at radius 1 is 1.02 bits per heavy atom. The maximum absolute atomic E-state index is 15.9. The lowest BCUT2D eigenvalue weighted by atomic mass is 9.55. The summed E-state index contributed by atoms with van der Waals surface area (Å²) in [5, 5.41) is 19.6. The van der Waals surface area contributed by atoms with Crippen molar-refractivity contribution in [2.24, 2.45) is 5.92 Å². The van der Waals surface area contributed by atoms with E-state index in [0.29, 0.717) is 54.8 Å². The maximum atomic E-state index is 15.9. The van der Waals surface area contributed by atoms with Gasteiger partial charge in [0.25, 0.3) is 0 Å². The average molecular weight is 589 g/mol. The van der Waals surface area contributed by atoms with Gasteiger partial charge in [0.1, 0.15) is 11.2 Å². The number of amides is 2. The Hall–Kier alpha value is -2.68. The summed E-state index contributed by atoms with van der Waals surface area (Å²) in [5.74, 6) is -3.35. The molecule has 2 aromatic rings. The summed E-state index contributed by atoms with van der Waals surface area (Å²) in [6.07, 6.45) is 6.09. The average Bonchev–Trinajstić information content (AvgIpc) is 3.38. The standard InChI is InChI=1S/C30H32Cl2FN3O4/c31-17-9-12-20-22(15-17)35-28(40)30(20)23(19-5-4-6-21(32)24(19)33)25(36-29(30)13-2-1-3-14-29)26(37)34-18-10-7-16(8-11-18)27(38)39/h4-6,9,12,15-16,18,23,25,36H,1-3,7-8,10-11,13-14H2,(H,34,37)(H,35,40)(H,38,39)/t16?,18?,23?,25?,30-/m1/s1. The van der Waals surface area contributed by atoms with Crippen molar-refractivity contribution >= 4 is 46.7 Å². The van der Waals surface area contributed by atoms with Crippen LogP contribution in [0, 0.1) is 11.7 Å². The fourth-order valence-electron chi connectivity index (χ4n) is 7.99. The van der Waals surface area contributed by atoms with E-state index in [1.165, 1.54) is 6.07 Å². The Balaban J connectivity index is 1.48. The lowest BCUT2D eigenvalue weighted by Crippen LogP contribution is -2.60. The highest BCUT2D eigenvalue weighted by Gasteiger charge is 2.72. The summed E-state index contributed by atoms with van der Waals surface area (Å²) < 4.78 is 15.9. The van der Waals surface area contributed by atoms with Crippen molar-refractivity contribution in [2.75, 3.05) is 5.32 Å². The Kier molecular flexibility index (Phi) is 7.08. The highest BCUT2D eigenvalue weighted by Crippen LogP contribution is 2.62. The first-order valence-corrected chi connectivity index (χ1v) is 14.8. The fraction of sp³-hybridized carbons (Fsp3) is 0.500. The zero-order valence-corrected chi connectivity index (χ0v) is 23.5. The molecule has 10 heteroatoms. The first kappa shape index (κ1) is 27.5. The number of benzene rings is 2. The number of rotatable bonds is 4. The molecule has 0 bridgehead atoms. The summed E-state index contributed by atoms with van der Waals surface area (Å²) in [6.45, 7) is 0. The number of aliphatic carboxylic acids is 1. The Morgan fingerprint density at radius 3 is 2.45 bits per heavy atom. The number of carboxylic acid groups (broad SMARTS) is 1. The van der Waals surface area contributed by atoms with Crippen molar-refractivity contribution in [3.63, 3.8) is 0 Å². The van der Waals surface area contributed by atoms with Crippen molar-refractivity contribution < 1.29 is 23.9 Å². The Bertz CT molecular complexity index is 1370. The topological polar surface area (TPSA) is 108 Å². The van der Waals surface area contributed by atoms with E-state index >= 15 is 4.39 Å². The molecule has 2 heterocycles. The SMILES string of the molecule is O=C(O)C1CCC(NC(=O)C2NC3(CCCCC3)[C@@]3(C(=O)Nc4cc(Cl)ccc43)C2c2cccc(Cl)c2F)CC1. The molecule has 3 fully saturated rings. The molecule has 2 spiro atoms. The Morgan fingerprint density at radius 2 is 1.75 bits per heavy atom. The van der Waals surface area contributed by atoms with Gasteiger partial charge in [-0.25, -0.2) is 4.39 Å². The quantitative estimate of drug-likeness (QED) is 0.375. The molecule has 40 heavy (non-hydrogen) atoms. The van der Waals surface area contributed by atoms with Crippen LogP contribution in [0.5, 0.6) is 0 Å². The van der Waals surface area contributed by atoms with E-state index in [9.17, 15) is 19.5 Å². The van der Waals surface area contributed by atoms with Gasteiger partial charge in [-0.15, -0.1) is 0 Å². The lowest BCUT2D eigenvalue weighted by Gasteiger charge is -2.47. The molecule has 2 unspecified atom stereocenters. The lowest BCUT2D eigenvalue weighted by molar-refractivity contribution is -0.142. The minimum Gasteiger partial charge on any atom is -0.481 e. The van der Waals surface area contributed by atoms with Gasteiger partial charge in [-0.1, -0.05) is 60.7 Å². The molecule has 7 nitrogen and oxygen atoms in total. The van der Waals surface area contributed by atoms with Crippen LogP contribution in [0.3, 0.4) is 0 Å². The van der Waals surface area contributed by atoms with Crippen LogP contribution in [0.2, 0.25) is 10.0 Å². The smallest absolute Gasteiger partial charge is 0.306 e. The second-order valence-corrected chi connectivity index (χ2v) is 12.6. The van der Waals surface area contributed by atoms with Gasteiger partial charge in [-0.05, 0) is 67.9 Å². The van der Waals surface area contributed by atoms with Gasteiger partial charge >= 0.3 is 5.97 Å². The van der Waals surface area contributed by atoms with E-state index in [0.717, 1.165) is 19.3 Å². The zero-order valence-electron chi connectivity index (χ0n) is 21.9. The molecule has 4 N–H and O–H groups in total. The van der Waals surface area contributed by atoms with Crippen LogP contribution < -0.4 is 16.0 Å². The molecule has 2 aliphatic heterocycles. The first-order chi connectivity index (χ1) is 19.2. The van der Waals surface area contributed by atoms with E-state index in [1.807, 2.05) is 6.07 Å². The van der Waals surface area contributed by atoms with Crippen LogP contribution in [0.4, 0.5) is 10.1 Å². The van der Waals surface area contributed by atoms with E-state index in [-0.39, 0.29) is 28.4 Å². The number of nitrogens with one attached hydrogen (secondary N) is 3. The second kappa shape index (κ2) is 10.3. The van der Waals surface area contributed by atoms with Crippen molar-refractivity contribution in [2.45, 2.75) is 86.7 Å². The number of anilines is 1. The monoisotopic (exact) mass is 587 g/mol. The van der Waals surface area contributed by atoms with Crippen molar-refractivity contribution in [3.8, 4) is 0 Å². The van der Waals surface area contributed by atoms with Gasteiger partial charge in [-0.3, -0.25) is 19.7 Å². The molecule has 2 amide bonds. The predicted molar refractivity (Wildman–Crippen MR) is 150 cm³/mol. The van der Waals surface area contributed by atoms with E-state index < -0.39 is 40.6 Å². The summed E-state index contributed by atoms with van der Waals surface area (Å²) >= 11 is 12.6. The van der Waals surface area contributed by atoms with Gasteiger partial charge in [0.15, 0.2) is 0 Å². The molecule has 0 radical (unpaired) electrons. The predicted octanol–water partition coefficient (Wildman–Crippen LogP) is 5.54. The third kappa shape index (κ3) is 4.13. The number of carboxylic acids is 1. The molecule has 212 valence electrons. The van der Waals surface area contributed by atoms with Crippen LogP contribution in [-0.2, 0) is 19.8 Å². The summed E-state index contributed by atoms with van der Waals surface area (Å²) in [7, 11) is 0. The van der Waals surface area contributed by atoms with Crippen LogP contribution in [0.1, 0.15) is 74.8 Å². The van der Waals surface area contributed by atoms with Crippen molar-refractivity contribution in [1.29, 1.82) is 0 Å². The summed E-state index contributed by atoms with van der Waals surface area (Å²) in [5.41, 5.74) is -0.573. The first-order valence-electron chi connectivity index (χ1n) is 14.0. The van der Waals surface area contributed by atoms with Crippen molar-refractivity contribution in [1.82, 2.24) is 10.6 Å². The van der Waals surface area contributed by atoms with Crippen LogP contribution in [-0.4, -0.2) is 40.5 Å². The van der Waals surface area contributed by atoms with Gasteiger partial charge < -0.3 is 15.7 Å². The van der Waals surface area contributed by atoms with E-state index in [4.69, 9.17) is 23.2 Å². The van der Waals surface area contributed by atoms with Crippen LogP contribution in [0.25, 0.3) is 0 Å². The number of hydrogen-bond acceptors (Lipinski definition) is 4. The van der Waals surface area contributed by atoms with Gasteiger partial charge in [-0.2, -0.15) is 0 Å². The highest BCUT2D eigenvalue weighted by atomic mass is 35.5. The molecular formula is C30H32Cl2FN3O4. The summed E-state index contributed by atoms with van der Waals surface area (Å²) in [4.78, 5) is 39.9. The number of hydrogen-bond donors (Lipinski definition) is 4. The molecular weight excluding hydrogens is 556 g/mol. The highest BCUT2D eigenvalue weighted by molar-refractivity contribution is 6.31. The molecule has 3 atom stereocenters. The Labute approximate surface area is 242 Å². The zero-order chi connectivity index (χ0) is 28.2. The third-order valence-corrected chi connectivity index (χ3v) is 10.3. The largest absolute Gasteiger partial charge is 0.481 e. The molecule has 2 aromatic carbocycles. The normalized spacial score (nSPS) is 30.7. The van der Waals surface area contributed by atoms with Gasteiger partial charge in [0.05, 0.1) is 17.0 Å². The molecule has 6 rings (SSSR count). The molecule has 0 aromatic heterocycles.